The highest BCUT2D eigenvalue weighted by Crippen LogP contribution is 2.30. The summed E-state index contributed by atoms with van der Waals surface area (Å²) in [6.07, 6.45) is 0. The molecular weight excluding hydrogens is 192 g/mol. The molecule has 1 atom stereocenters. The molecule has 6 heteroatoms. The van der Waals surface area contributed by atoms with Crippen molar-refractivity contribution in [3.8, 4) is 0 Å². The smallest absolute Gasteiger partial charge is 0.0794 e. The Bertz CT molecular complexity index is 260. The molecule has 70 valence electrons. The average Bonchev–Trinajstić information content (AvgIpc) is 2.28. The summed E-state index contributed by atoms with van der Waals surface area (Å²) in [5, 5.41) is 0.791. The predicted octanol–water partition coefficient (Wildman–Crippen LogP) is 0.418. The number of nitrogens with zero attached hydrogens (tertiary/aromatic N) is 1. The van der Waals surface area contributed by atoms with E-state index < -0.39 is 5.24 Å². The highest BCUT2D eigenvalue weighted by atomic mass is 35.5. The number of halogens is 1. The zero-order valence-corrected chi connectivity index (χ0v) is 9.47. The molecule has 0 spiro atoms. The first-order valence-corrected chi connectivity index (χ1v) is 4.92. The third-order valence-corrected chi connectivity index (χ3v) is 2.78. The van der Waals surface area contributed by atoms with Gasteiger partial charge in [-0.2, -0.15) is 0 Å². The van der Waals surface area contributed by atoms with Crippen LogP contribution in [0.3, 0.4) is 0 Å². The molecule has 0 amide bonds. The first kappa shape index (κ1) is 12.1. The first-order chi connectivity index (χ1) is 6.25. The number of hydrogen-bond acceptors (Lipinski definition) is 2. The van der Waals surface area contributed by atoms with Gasteiger partial charge < -0.3 is 5.01 Å². The van der Waals surface area contributed by atoms with Gasteiger partial charge in [0.2, 0.25) is 0 Å². The Labute approximate surface area is 94.6 Å². The fourth-order valence-electron chi connectivity index (χ4n) is 1.47. The highest BCUT2D eigenvalue weighted by molar-refractivity contribution is 6.59. The van der Waals surface area contributed by atoms with E-state index in [1.807, 2.05) is 6.92 Å². The maximum Gasteiger partial charge on any atom is 0.0794 e. The van der Waals surface area contributed by atoms with Crippen LogP contribution in [0.4, 0.5) is 0 Å². The quantitative estimate of drug-likeness (QED) is 0.655. The van der Waals surface area contributed by atoms with Crippen molar-refractivity contribution in [2.75, 3.05) is 0 Å². The molecule has 0 fully saturated rings. The molecule has 6 radical (unpaired) electrons. The van der Waals surface area contributed by atoms with Gasteiger partial charge in [0.1, 0.15) is 0 Å². The van der Waals surface area contributed by atoms with Crippen molar-refractivity contribution in [3.63, 3.8) is 0 Å². The molecule has 2 nitrogen and oxygen atoms in total. The van der Waals surface area contributed by atoms with Crippen molar-refractivity contribution in [2.45, 2.75) is 32.1 Å². The third-order valence-electron chi connectivity index (χ3n) is 2.28. The summed E-state index contributed by atoms with van der Waals surface area (Å²) in [5.74, 6) is 0.352. The summed E-state index contributed by atoms with van der Waals surface area (Å²) in [4.78, 5) is 0. The number of rotatable bonds is 2. The maximum absolute atomic E-state index is 6.13. The topological polar surface area (TPSA) is 15.3 Å². The lowest BCUT2D eigenvalue weighted by Gasteiger charge is -2.37. The Morgan fingerprint density at radius 2 is 1.93 bits per heavy atom. The van der Waals surface area contributed by atoms with Crippen LogP contribution in [0.25, 0.3) is 0 Å². The van der Waals surface area contributed by atoms with Gasteiger partial charge in [0.05, 0.1) is 34.6 Å². The molecule has 0 saturated carbocycles. The normalized spacial score (nSPS) is 23.8. The molecule has 0 aromatic heterocycles. The summed E-state index contributed by atoms with van der Waals surface area (Å²) in [7, 11) is 16.7. The minimum absolute atomic E-state index is 0.0340. The van der Waals surface area contributed by atoms with Crippen LogP contribution in [0, 0.1) is 5.92 Å². The molecule has 1 heterocycles. The molecule has 1 unspecified atom stereocenters. The standard InChI is InChI=1S/C8H12B3ClN2/c1-4(2)7-6(12)5(3)14(13-7)8(9,10)11/h4,7,13H,1-3H3. The molecule has 1 rings (SSSR count). The van der Waals surface area contributed by atoms with E-state index in [1.165, 1.54) is 5.01 Å². The van der Waals surface area contributed by atoms with E-state index in [0.717, 1.165) is 5.70 Å². The van der Waals surface area contributed by atoms with Gasteiger partial charge in [0, 0.05) is 5.70 Å². The van der Waals surface area contributed by atoms with Crippen LogP contribution in [-0.4, -0.2) is 39.8 Å². The molecule has 0 aromatic carbocycles. The minimum atomic E-state index is -1.42. The summed E-state index contributed by atoms with van der Waals surface area (Å²) in [5.41, 5.74) is 3.86. The molecule has 0 saturated heterocycles. The van der Waals surface area contributed by atoms with E-state index in [2.05, 4.69) is 19.3 Å². The van der Waals surface area contributed by atoms with Crippen molar-refractivity contribution < 1.29 is 0 Å². The van der Waals surface area contributed by atoms with Crippen LogP contribution in [-0.2, 0) is 0 Å². The van der Waals surface area contributed by atoms with Gasteiger partial charge in [0.15, 0.2) is 0 Å². The van der Waals surface area contributed by atoms with Gasteiger partial charge in [-0.25, -0.2) is 5.43 Å². The molecule has 0 aromatic rings. The monoisotopic (exact) mass is 204 g/mol. The van der Waals surface area contributed by atoms with Crippen LogP contribution < -0.4 is 5.43 Å². The highest BCUT2D eigenvalue weighted by Gasteiger charge is 2.34. The van der Waals surface area contributed by atoms with Gasteiger partial charge >= 0.3 is 0 Å². The van der Waals surface area contributed by atoms with Crippen LogP contribution in [0.1, 0.15) is 20.8 Å². The average molecular weight is 204 g/mol. The van der Waals surface area contributed by atoms with Gasteiger partial charge in [-0.1, -0.05) is 30.7 Å². The van der Waals surface area contributed by atoms with E-state index in [-0.39, 0.29) is 6.04 Å². The van der Waals surface area contributed by atoms with E-state index >= 15 is 0 Å². The summed E-state index contributed by atoms with van der Waals surface area (Å²) in [6, 6.07) is 0.0340. The second kappa shape index (κ2) is 3.86. The molecule has 14 heavy (non-hydrogen) atoms. The van der Waals surface area contributed by atoms with Crippen LogP contribution in [0.2, 0.25) is 0 Å². The molecule has 0 bridgehead atoms. The predicted molar refractivity (Wildman–Crippen MR) is 62.1 cm³/mol. The number of hydrogen-bond donors (Lipinski definition) is 1. The van der Waals surface area contributed by atoms with Gasteiger partial charge in [-0.15, -0.1) is 0 Å². The second-order valence-corrected chi connectivity index (χ2v) is 4.41. The Morgan fingerprint density at radius 3 is 2.14 bits per heavy atom. The summed E-state index contributed by atoms with van der Waals surface area (Å²) >= 11 is 6.13. The summed E-state index contributed by atoms with van der Waals surface area (Å²) < 4.78 is 0. The Hall–Kier alpha value is -0.0152. The number of hydrazine groups is 1. The molecule has 1 aliphatic heterocycles. The molecule has 1 aliphatic rings. The lowest BCUT2D eigenvalue weighted by Crippen LogP contribution is -2.56. The lowest BCUT2D eigenvalue weighted by atomic mass is 9.49. The van der Waals surface area contributed by atoms with Gasteiger partial charge in [-0.3, -0.25) is 0 Å². The fraction of sp³-hybridized carbons (Fsp3) is 0.750. The summed E-state index contributed by atoms with van der Waals surface area (Å²) in [6.45, 7) is 5.95. The van der Waals surface area contributed by atoms with Crippen molar-refractivity contribution in [1.82, 2.24) is 10.4 Å². The molecule has 1 N–H and O–H groups in total. The first-order valence-electron chi connectivity index (χ1n) is 4.54. The van der Waals surface area contributed by atoms with Crippen LogP contribution in [0.5, 0.6) is 0 Å². The Balaban J connectivity index is 2.91. The minimum Gasteiger partial charge on any atom is -0.331 e. The van der Waals surface area contributed by atoms with Crippen molar-refractivity contribution in [3.05, 3.63) is 10.7 Å². The zero-order chi connectivity index (χ0) is 11.1. The van der Waals surface area contributed by atoms with E-state index in [1.54, 1.807) is 0 Å². The third kappa shape index (κ3) is 2.14. The van der Waals surface area contributed by atoms with Crippen LogP contribution in [0.15, 0.2) is 10.7 Å². The zero-order valence-electron chi connectivity index (χ0n) is 8.71. The van der Waals surface area contributed by atoms with E-state index in [0.29, 0.717) is 11.0 Å². The fourth-order valence-corrected chi connectivity index (χ4v) is 1.85. The van der Waals surface area contributed by atoms with E-state index in [9.17, 15) is 0 Å². The maximum atomic E-state index is 6.13. The van der Waals surface area contributed by atoms with Crippen molar-refractivity contribution in [1.29, 1.82) is 0 Å². The molecular formula is C8H12B3ClN2. The van der Waals surface area contributed by atoms with Crippen molar-refractivity contribution >= 4 is 35.1 Å². The Kier molecular flexibility index (Phi) is 3.32. The SMILES string of the molecule is [B]C([B])([B])N1NC(C(C)C)C(Cl)=C1C. The van der Waals surface area contributed by atoms with E-state index in [4.69, 9.17) is 35.1 Å². The number of allylic oxidation sites excluding steroid dienone is 1. The van der Waals surface area contributed by atoms with Crippen molar-refractivity contribution in [2.24, 2.45) is 5.92 Å². The largest absolute Gasteiger partial charge is 0.331 e. The number of nitrogens with one attached hydrogen (secondary N) is 1. The molecule has 0 aliphatic carbocycles. The lowest BCUT2D eigenvalue weighted by molar-refractivity contribution is 0.232. The van der Waals surface area contributed by atoms with Gasteiger partial charge in [0.25, 0.3) is 0 Å². The van der Waals surface area contributed by atoms with Crippen LogP contribution >= 0.6 is 11.6 Å². The Morgan fingerprint density at radius 1 is 1.43 bits per heavy atom. The second-order valence-electron chi connectivity index (χ2n) is 4.01. The van der Waals surface area contributed by atoms with Gasteiger partial charge in [-0.05, 0) is 12.8 Å².